The van der Waals surface area contributed by atoms with Gasteiger partial charge in [0.15, 0.2) is 6.29 Å². The van der Waals surface area contributed by atoms with Gasteiger partial charge in [-0.15, -0.1) is 0 Å². The minimum Gasteiger partial charge on any atom is -0.457 e. The molecule has 1 aliphatic rings. The van der Waals surface area contributed by atoms with Crippen LogP contribution in [0.3, 0.4) is 0 Å². The van der Waals surface area contributed by atoms with Crippen LogP contribution in [0.15, 0.2) is 24.3 Å². The Bertz CT molecular complexity index is 1000. The number of carbonyl (C=O) groups excluding carboxylic acids is 1. The van der Waals surface area contributed by atoms with Crippen molar-refractivity contribution >= 4 is 16.4 Å². The van der Waals surface area contributed by atoms with Gasteiger partial charge >= 0.3 is 16.4 Å². The van der Waals surface area contributed by atoms with Crippen LogP contribution in [0.4, 0.5) is 0 Å². The van der Waals surface area contributed by atoms with Gasteiger partial charge in [0.05, 0.1) is 19.8 Å². The van der Waals surface area contributed by atoms with E-state index in [1.54, 1.807) is 0 Å². The van der Waals surface area contributed by atoms with Crippen molar-refractivity contribution in [3.05, 3.63) is 24.3 Å². The Morgan fingerprint density at radius 1 is 0.745 bits per heavy atom. The standard InChI is InChI=1S/C38H70O12S/c1-3-5-7-9-11-12-13-14-15-16-17-18-19-20-22-24-26-28-46-30-32(48-34(40)27-25-23-21-10-8-6-4-2)31-47-38-36(42)37(50-51(43,44)45)35(41)33(29-39)49-38/h12-13,15-16,32-33,35-39,41-42H,3-11,14,17-31H2,1-2H3,(H,43,44,45)/b13-12-,16-15-. The van der Waals surface area contributed by atoms with E-state index < -0.39 is 59.8 Å². The van der Waals surface area contributed by atoms with E-state index in [0.29, 0.717) is 13.0 Å². The van der Waals surface area contributed by atoms with E-state index in [1.165, 1.54) is 64.2 Å². The van der Waals surface area contributed by atoms with Crippen LogP contribution in [0.2, 0.25) is 0 Å². The molecule has 0 aromatic rings. The molecule has 0 bridgehead atoms. The summed E-state index contributed by atoms with van der Waals surface area (Å²) in [7, 11) is -5.05. The zero-order valence-electron chi connectivity index (χ0n) is 31.4. The Morgan fingerprint density at radius 3 is 1.88 bits per heavy atom. The number of rotatable bonds is 33. The van der Waals surface area contributed by atoms with E-state index in [4.69, 9.17) is 23.5 Å². The first-order chi connectivity index (χ1) is 24.6. The van der Waals surface area contributed by atoms with Crippen LogP contribution in [0.1, 0.15) is 149 Å². The minimum atomic E-state index is -5.05. The van der Waals surface area contributed by atoms with Crippen molar-refractivity contribution in [2.24, 2.45) is 0 Å². The summed E-state index contributed by atoms with van der Waals surface area (Å²) in [5, 5.41) is 30.5. The minimum absolute atomic E-state index is 0.0307. The van der Waals surface area contributed by atoms with Crippen molar-refractivity contribution in [2.75, 3.05) is 26.4 Å². The van der Waals surface area contributed by atoms with Gasteiger partial charge in [-0.05, 0) is 44.9 Å². The van der Waals surface area contributed by atoms with Gasteiger partial charge in [0.2, 0.25) is 0 Å². The van der Waals surface area contributed by atoms with E-state index in [2.05, 4.69) is 42.3 Å². The quantitative estimate of drug-likeness (QED) is 0.0236. The Kier molecular flexibility index (Phi) is 28.9. The molecule has 0 amide bonds. The summed E-state index contributed by atoms with van der Waals surface area (Å²) in [4.78, 5) is 12.7. The van der Waals surface area contributed by atoms with Crippen molar-refractivity contribution in [1.29, 1.82) is 0 Å². The molecule has 0 aromatic carbocycles. The molecule has 1 heterocycles. The smallest absolute Gasteiger partial charge is 0.397 e. The molecule has 1 rings (SSSR count). The monoisotopic (exact) mass is 750 g/mol. The summed E-state index contributed by atoms with van der Waals surface area (Å²) in [6.45, 7) is 3.88. The molecular formula is C38H70O12S. The summed E-state index contributed by atoms with van der Waals surface area (Å²) in [6, 6.07) is 0. The van der Waals surface area contributed by atoms with Gasteiger partial charge in [-0.2, -0.15) is 8.42 Å². The third-order valence-corrected chi connectivity index (χ3v) is 9.29. The number of hydrogen-bond donors (Lipinski definition) is 4. The van der Waals surface area contributed by atoms with Gasteiger partial charge in [0.25, 0.3) is 0 Å². The SMILES string of the molecule is CCCCCC/C=C\C/C=C\CCCCCCCCOCC(COC1OC(CO)C(O)C(OS(=O)(=O)O)C1O)OC(=O)CCCCCCCCC. The molecule has 1 fully saturated rings. The molecule has 1 aliphatic heterocycles. The van der Waals surface area contributed by atoms with Crippen LogP contribution in [-0.4, -0.2) is 97.5 Å². The fraction of sp³-hybridized carbons (Fsp3) is 0.868. The molecule has 300 valence electrons. The Balaban J connectivity index is 2.44. The predicted octanol–water partition coefficient (Wildman–Crippen LogP) is 6.90. The molecule has 0 aliphatic carbocycles. The summed E-state index contributed by atoms with van der Waals surface area (Å²) < 4.78 is 58.6. The number of allylic oxidation sites excluding steroid dienone is 4. The number of aliphatic hydroxyl groups is 3. The second-order valence-corrected chi connectivity index (χ2v) is 14.6. The van der Waals surface area contributed by atoms with Gasteiger partial charge in [-0.1, -0.05) is 122 Å². The summed E-state index contributed by atoms with van der Waals surface area (Å²) in [5.74, 6) is -0.411. The Hall–Kier alpha value is -1.42. The fourth-order valence-corrected chi connectivity index (χ4v) is 6.33. The van der Waals surface area contributed by atoms with E-state index in [-0.39, 0.29) is 19.6 Å². The van der Waals surface area contributed by atoms with E-state index in [0.717, 1.165) is 57.8 Å². The first-order valence-electron chi connectivity index (χ1n) is 19.6. The molecule has 0 saturated carbocycles. The van der Waals surface area contributed by atoms with Crippen LogP contribution < -0.4 is 0 Å². The van der Waals surface area contributed by atoms with Crippen LogP contribution in [-0.2, 0) is 38.3 Å². The lowest BCUT2D eigenvalue weighted by atomic mass is 9.99. The lowest BCUT2D eigenvalue weighted by Crippen LogP contribution is -2.60. The lowest BCUT2D eigenvalue weighted by Gasteiger charge is -2.41. The average molecular weight is 751 g/mol. The molecule has 4 N–H and O–H groups in total. The second kappa shape index (κ2) is 31.0. The van der Waals surface area contributed by atoms with Gasteiger partial charge in [-0.25, -0.2) is 4.18 Å². The topological polar surface area (TPSA) is 178 Å². The number of hydrogen-bond acceptors (Lipinski definition) is 11. The van der Waals surface area contributed by atoms with Crippen molar-refractivity contribution in [3.63, 3.8) is 0 Å². The zero-order valence-corrected chi connectivity index (χ0v) is 32.2. The molecule has 0 aromatic heterocycles. The largest absolute Gasteiger partial charge is 0.457 e. The van der Waals surface area contributed by atoms with Crippen LogP contribution in [0.25, 0.3) is 0 Å². The van der Waals surface area contributed by atoms with Gasteiger partial charge in [-0.3, -0.25) is 9.35 Å². The predicted molar refractivity (Wildman–Crippen MR) is 197 cm³/mol. The first-order valence-corrected chi connectivity index (χ1v) is 21.0. The highest BCUT2D eigenvalue weighted by Gasteiger charge is 2.48. The van der Waals surface area contributed by atoms with E-state index in [9.17, 15) is 28.5 Å². The third-order valence-electron chi connectivity index (χ3n) is 8.83. The van der Waals surface area contributed by atoms with Crippen molar-refractivity contribution in [3.8, 4) is 0 Å². The number of aliphatic hydroxyl groups excluding tert-OH is 3. The number of esters is 1. The lowest BCUT2D eigenvalue weighted by molar-refractivity contribution is -0.301. The van der Waals surface area contributed by atoms with Gasteiger partial charge < -0.3 is 34.3 Å². The molecule has 6 unspecified atom stereocenters. The molecule has 51 heavy (non-hydrogen) atoms. The van der Waals surface area contributed by atoms with E-state index in [1.807, 2.05) is 0 Å². The maximum atomic E-state index is 12.7. The van der Waals surface area contributed by atoms with Crippen molar-refractivity contribution in [1.82, 2.24) is 0 Å². The molecule has 0 radical (unpaired) electrons. The maximum Gasteiger partial charge on any atom is 0.397 e. The molecule has 13 heteroatoms. The summed E-state index contributed by atoms with van der Waals surface area (Å²) in [6.07, 6.45) is 22.4. The van der Waals surface area contributed by atoms with Gasteiger partial charge in [0.1, 0.15) is 30.5 Å². The number of unbranched alkanes of at least 4 members (excludes halogenated alkanes) is 16. The highest BCUT2D eigenvalue weighted by atomic mass is 32.3. The molecule has 1 saturated heterocycles. The Labute approximate surface area is 308 Å². The van der Waals surface area contributed by atoms with Crippen molar-refractivity contribution < 1.29 is 56.2 Å². The molecule has 12 nitrogen and oxygen atoms in total. The fourth-order valence-electron chi connectivity index (χ4n) is 5.82. The number of carbonyl (C=O) groups is 1. The van der Waals surface area contributed by atoms with E-state index >= 15 is 0 Å². The zero-order chi connectivity index (χ0) is 37.6. The van der Waals surface area contributed by atoms with Crippen LogP contribution in [0, 0.1) is 0 Å². The molecule has 6 atom stereocenters. The highest BCUT2D eigenvalue weighted by Crippen LogP contribution is 2.26. The van der Waals surface area contributed by atoms with Crippen LogP contribution in [0.5, 0.6) is 0 Å². The summed E-state index contributed by atoms with van der Waals surface area (Å²) >= 11 is 0. The first kappa shape index (κ1) is 47.6. The maximum absolute atomic E-state index is 12.7. The highest BCUT2D eigenvalue weighted by molar-refractivity contribution is 7.80. The van der Waals surface area contributed by atoms with Crippen LogP contribution >= 0.6 is 0 Å². The summed E-state index contributed by atoms with van der Waals surface area (Å²) in [5.41, 5.74) is 0. The average Bonchev–Trinajstić information content (AvgIpc) is 3.09. The molecule has 0 spiro atoms. The Morgan fingerprint density at radius 2 is 1.29 bits per heavy atom. The van der Waals surface area contributed by atoms with Gasteiger partial charge in [0, 0.05) is 13.0 Å². The second-order valence-electron chi connectivity index (χ2n) is 13.5. The normalized spacial score (nSPS) is 21.9. The number of ether oxygens (including phenoxy) is 4. The third kappa shape index (κ3) is 25.3. The molecular weight excluding hydrogens is 680 g/mol. The van der Waals surface area contributed by atoms with Crippen molar-refractivity contribution in [2.45, 2.75) is 185 Å².